The fraction of sp³-hybridized carbons (Fsp3) is 0.333. The molecule has 0 aromatic rings. The fourth-order valence-electron chi connectivity index (χ4n) is 2.10. The van der Waals surface area contributed by atoms with Crippen molar-refractivity contribution in [1.82, 2.24) is 3.96 Å². The maximum atomic E-state index is 11.0. The summed E-state index contributed by atoms with van der Waals surface area (Å²) < 4.78 is 2.27. The summed E-state index contributed by atoms with van der Waals surface area (Å²) in [4.78, 5) is 16.1. The van der Waals surface area contributed by atoms with Gasteiger partial charge in [-0.2, -0.15) is 0 Å². The monoisotopic (exact) mass is 247 g/mol. The standard InChI is InChI=1S/C12H13N3OS/c1-8(16)14-9-3-4-10-11(7-9)17-15-6-2-5-13-12(10)15/h3-4,7,13H,2,5-6H2,1H3. The summed E-state index contributed by atoms with van der Waals surface area (Å²) in [5.74, 6) is 1.04. The van der Waals surface area contributed by atoms with E-state index in [0.717, 1.165) is 24.9 Å². The predicted molar refractivity (Wildman–Crippen MR) is 68.3 cm³/mol. The van der Waals surface area contributed by atoms with Gasteiger partial charge in [0, 0.05) is 25.6 Å². The highest BCUT2D eigenvalue weighted by atomic mass is 32.1. The van der Waals surface area contributed by atoms with Gasteiger partial charge in [-0.15, -0.1) is 0 Å². The molecule has 0 radical (unpaired) electrons. The van der Waals surface area contributed by atoms with E-state index in [0.29, 0.717) is 0 Å². The number of rotatable bonds is 0. The molecule has 88 valence electrons. The van der Waals surface area contributed by atoms with Crippen molar-refractivity contribution in [2.24, 2.45) is 4.99 Å². The number of hydrogen-bond donors (Lipinski definition) is 1. The summed E-state index contributed by atoms with van der Waals surface area (Å²) in [6, 6.07) is 5.92. The van der Waals surface area contributed by atoms with E-state index < -0.39 is 0 Å². The molecule has 0 fully saturated rings. The fourth-order valence-corrected chi connectivity index (χ4v) is 3.25. The van der Waals surface area contributed by atoms with E-state index in [1.807, 2.05) is 18.2 Å². The Balaban J connectivity index is 2.18. The first-order valence-corrected chi connectivity index (χ1v) is 6.44. The van der Waals surface area contributed by atoms with Gasteiger partial charge in [-0.05, 0) is 24.6 Å². The van der Waals surface area contributed by atoms with Gasteiger partial charge in [0.15, 0.2) is 0 Å². The van der Waals surface area contributed by atoms with Crippen molar-refractivity contribution in [2.45, 2.75) is 19.9 Å². The lowest BCUT2D eigenvalue weighted by Gasteiger charge is -2.16. The van der Waals surface area contributed by atoms with Crippen LogP contribution in [0.3, 0.4) is 0 Å². The van der Waals surface area contributed by atoms with Crippen molar-refractivity contribution < 1.29 is 4.79 Å². The number of fused-ring (bicyclic) bond motifs is 3. The van der Waals surface area contributed by atoms with Crippen LogP contribution in [0.15, 0.2) is 23.2 Å². The molecule has 0 aromatic heterocycles. The number of aryl methyl sites for hydroxylation is 1. The third kappa shape index (κ3) is 1.86. The number of aromatic nitrogens is 1. The number of amides is 1. The molecule has 1 aliphatic carbocycles. The molecule has 5 heteroatoms. The Bertz CT molecular complexity index is 611. The molecule has 1 amide bonds. The third-order valence-corrected chi connectivity index (χ3v) is 3.92. The molecule has 0 saturated heterocycles. The Morgan fingerprint density at radius 3 is 3.24 bits per heavy atom. The molecule has 0 aromatic carbocycles. The van der Waals surface area contributed by atoms with Crippen LogP contribution in [0.4, 0.5) is 5.82 Å². The Morgan fingerprint density at radius 1 is 1.53 bits per heavy atom. The maximum absolute atomic E-state index is 11.0. The first-order chi connectivity index (χ1) is 8.24. The highest BCUT2D eigenvalue weighted by molar-refractivity contribution is 7.11. The van der Waals surface area contributed by atoms with Gasteiger partial charge in [0.2, 0.25) is 5.91 Å². The van der Waals surface area contributed by atoms with Crippen LogP contribution in [0.5, 0.6) is 0 Å². The van der Waals surface area contributed by atoms with Crippen LogP contribution in [0.25, 0.3) is 10.4 Å². The van der Waals surface area contributed by atoms with Crippen LogP contribution in [-0.4, -0.2) is 16.4 Å². The summed E-state index contributed by atoms with van der Waals surface area (Å²) in [7, 11) is 0. The van der Waals surface area contributed by atoms with Crippen LogP contribution in [-0.2, 0) is 11.3 Å². The molecule has 0 spiro atoms. The zero-order chi connectivity index (χ0) is 11.8. The molecule has 0 unspecified atom stereocenters. The summed E-state index contributed by atoms with van der Waals surface area (Å²) in [5, 5.41) is 4.16. The molecular formula is C12H13N3OS. The molecule has 0 bridgehead atoms. The number of hydrogen-bond acceptors (Lipinski definition) is 3. The molecule has 2 heterocycles. The van der Waals surface area contributed by atoms with Gasteiger partial charge < -0.3 is 5.32 Å². The summed E-state index contributed by atoms with van der Waals surface area (Å²) in [6.45, 7) is 3.58. The van der Waals surface area contributed by atoms with E-state index in [2.05, 4.69) is 14.3 Å². The van der Waals surface area contributed by atoms with Crippen LogP contribution >= 0.6 is 11.5 Å². The molecule has 2 aliphatic heterocycles. The Labute approximate surface area is 103 Å². The van der Waals surface area contributed by atoms with Crippen molar-refractivity contribution in [1.29, 1.82) is 0 Å². The highest BCUT2D eigenvalue weighted by Gasteiger charge is 2.17. The zero-order valence-corrected chi connectivity index (χ0v) is 10.4. The van der Waals surface area contributed by atoms with Gasteiger partial charge >= 0.3 is 0 Å². The predicted octanol–water partition coefficient (Wildman–Crippen LogP) is 1.92. The average molecular weight is 247 g/mol. The molecule has 1 N–H and O–H groups in total. The molecule has 0 atom stereocenters. The van der Waals surface area contributed by atoms with Crippen LogP contribution in [0.2, 0.25) is 0 Å². The SMILES string of the molecule is CC(=O)N=c1ccc2c3n(sc-2c1)CCCN3. The lowest BCUT2D eigenvalue weighted by molar-refractivity contribution is -0.116. The molecule has 3 rings (SSSR count). The van der Waals surface area contributed by atoms with Crippen LogP contribution in [0, 0.1) is 0 Å². The number of carbonyl (C=O) groups is 1. The minimum atomic E-state index is -0.156. The van der Waals surface area contributed by atoms with Crippen molar-refractivity contribution in [3.8, 4) is 10.4 Å². The number of benzene rings is 1. The maximum Gasteiger partial charge on any atom is 0.243 e. The first-order valence-electron chi connectivity index (χ1n) is 5.67. The normalized spacial score (nSPS) is 15.7. The van der Waals surface area contributed by atoms with Crippen molar-refractivity contribution in [2.75, 3.05) is 11.9 Å². The number of nitrogens with one attached hydrogen (secondary N) is 1. The second-order valence-corrected chi connectivity index (χ2v) is 5.20. The summed E-state index contributed by atoms with van der Waals surface area (Å²) in [5.41, 5.74) is 1.22. The number of nitrogens with zero attached hydrogens (tertiary/aromatic N) is 2. The van der Waals surface area contributed by atoms with Crippen LogP contribution in [0.1, 0.15) is 13.3 Å². The van der Waals surface area contributed by atoms with E-state index >= 15 is 0 Å². The lowest BCUT2D eigenvalue weighted by Crippen LogP contribution is -2.15. The smallest absolute Gasteiger partial charge is 0.243 e. The number of anilines is 1. The summed E-state index contributed by atoms with van der Waals surface area (Å²) >= 11 is 1.72. The molecule has 0 saturated carbocycles. The second kappa shape index (κ2) is 4.00. The zero-order valence-electron chi connectivity index (χ0n) is 9.56. The van der Waals surface area contributed by atoms with E-state index in [1.165, 1.54) is 23.2 Å². The Kier molecular flexibility index (Phi) is 2.48. The lowest BCUT2D eigenvalue weighted by atomic mass is 10.1. The summed E-state index contributed by atoms with van der Waals surface area (Å²) in [6.07, 6.45) is 1.16. The Morgan fingerprint density at radius 2 is 2.41 bits per heavy atom. The topological polar surface area (TPSA) is 46.4 Å². The van der Waals surface area contributed by atoms with Gasteiger partial charge in [0.25, 0.3) is 0 Å². The molecule has 3 aliphatic rings. The Hall–Kier alpha value is -1.62. The largest absolute Gasteiger partial charge is 0.370 e. The van der Waals surface area contributed by atoms with Crippen molar-refractivity contribution in [3.63, 3.8) is 0 Å². The molecule has 17 heavy (non-hydrogen) atoms. The van der Waals surface area contributed by atoms with Crippen molar-refractivity contribution in [3.05, 3.63) is 23.6 Å². The first kappa shape index (κ1) is 10.5. The average Bonchev–Trinajstić information content (AvgIpc) is 2.65. The van der Waals surface area contributed by atoms with Gasteiger partial charge in [-0.25, -0.2) is 4.99 Å². The minimum Gasteiger partial charge on any atom is -0.370 e. The van der Waals surface area contributed by atoms with E-state index in [-0.39, 0.29) is 5.91 Å². The van der Waals surface area contributed by atoms with E-state index in [4.69, 9.17) is 0 Å². The molecule has 4 nitrogen and oxygen atoms in total. The molecular weight excluding hydrogens is 234 g/mol. The van der Waals surface area contributed by atoms with Crippen molar-refractivity contribution >= 4 is 23.3 Å². The van der Waals surface area contributed by atoms with Gasteiger partial charge in [0.05, 0.1) is 10.2 Å². The minimum absolute atomic E-state index is 0.156. The van der Waals surface area contributed by atoms with E-state index in [9.17, 15) is 4.79 Å². The van der Waals surface area contributed by atoms with Gasteiger partial charge in [-0.1, -0.05) is 11.5 Å². The number of carbonyl (C=O) groups excluding carboxylic acids is 1. The van der Waals surface area contributed by atoms with Gasteiger partial charge in [-0.3, -0.25) is 8.75 Å². The van der Waals surface area contributed by atoms with Crippen LogP contribution < -0.4 is 10.7 Å². The highest BCUT2D eigenvalue weighted by Crippen LogP contribution is 2.37. The quantitative estimate of drug-likeness (QED) is 0.773. The van der Waals surface area contributed by atoms with Gasteiger partial charge in [0.1, 0.15) is 5.82 Å². The third-order valence-electron chi connectivity index (χ3n) is 2.80. The van der Waals surface area contributed by atoms with E-state index in [1.54, 1.807) is 11.5 Å². The second-order valence-electron chi connectivity index (χ2n) is 4.13.